The zero-order chi connectivity index (χ0) is 18.5. The molecule has 1 aliphatic rings. The number of nitrogens with one attached hydrogen (secondary N) is 2. The molecular weight excluding hydrogens is 398 g/mol. The summed E-state index contributed by atoms with van der Waals surface area (Å²) in [5, 5.41) is 2.95. The van der Waals surface area contributed by atoms with E-state index in [0.717, 1.165) is 19.3 Å². The van der Waals surface area contributed by atoms with Gasteiger partial charge in [-0.15, -0.1) is 12.4 Å². The van der Waals surface area contributed by atoms with Crippen LogP contribution >= 0.6 is 12.4 Å². The van der Waals surface area contributed by atoms with Gasteiger partial charge in [0.2, 0.25) is 20.0 Å². The molecule has 0 amide bonds. The zero-order valence-electron chi connectivity index (χ0n) is 15.2. The summed E-state index contributed by atoms with van der Waals surface area (Å²) in [6.45, 7) is 3.66. The molecule has 0 radical (unpaired) electrons. The Balaban J connectivity index is 0.00000338. The Kier molecular flexibility index (Phi) is 8.98. The molecule has 1 fully saturated rings. The van der Waals surface area contributed by atoms with Gasteiger partial charge in [0.15, 0.2) is 0 Å². The van der Waals surface area contributed by atoms with Crippen molar-refractivity contribution in [1.82, 2.24) is 14.3 Å². The van der Waals surface area contributed by atoms with Crippen molar-refractivity contribution < 1.29 is 16.8 Å². The van der Waals surface area contributed by atoms with Crippen molar-refractivity contribution in [3.05, 3.63) is 23.8 Å². The molecule has 0 unspecified atom stereocenters. The average Bonchev–Trinajstić information content (AvgIpc) is 2.59. The Morgan fingerprint density at radius 3 is 2.31 bits per heavy atom. The number of aryl methyl sites for hydroxylation is 1. The van der Waals surface area contributed by atoms with Gasteiger partial charge in [0, 0.05) is 19.6 Å². The predicted octanol–water partition coefficient (Wildman–Crippen LogP) is 1.48. The van der Waals surface area contributed by atoms with Crippen LogP contribution in [0.5, 0.6) is 0 Å². The van der Waals surface area contributed by atoms with Gasteiger partial charge in [-0.05, 0) is 57.5 Å². The molecule has 0 spiro atoms. The average molecular weight is 426 g/mol. The molecule has 0 bridgehead atoms. The standard InChI is InChI=1S/C16H27N3O4S2.ClH/c1-14-7-8-15(24(20,21)18-10-6-9-17-2)13-16(14)25(22,23)19-11-4-3-5-12-19;/h7-8,13,17-18H,3-6,9-12H2,1-2H3;1H. The van der Waals surface area contributed by atoms with Gasteiger partial charge in [0.25, 0.3) is 0 Å². The van der Waals surface area contributed by atoms with Crippen molar-refractivity contribution in [3.63, 3.8) is 0 Å². The molecule has 150 valence electrons. The molecule has 0 atom stereocenters. The van der Waals surface area contributed by atoms with Gasteiger partial charge < -0.3 is 5.32 Å². The van der Waals surface area contributed by atoms with E-state index in [9.17, 15) is 16.8 Å². The lowest BCUT2D eigenvalue weighted by Crippen LogP contribution is -2.36. The van der Waals surface area contributed by atoms with E-state index >= 15 is 0 Å². The van der Waals surface area contributed by atoms with Gasteiger partial charge in [0.05, 0.1) is 9.79 Å². The summed E-state index contributed by atoms with van der Waals surface area (Å²) in [5.41, 5.74) is 0.555. The van der Waals surface area contributed by atoms with Crippen LogP contribution in [0.4, 0.5) is 0 Å². The monoisotopic (exact) mass is 425 g/mol. The van der Waals surface area contributed by atoms with Crippen LogP contribution < -0.4 is 10.0 Å². The number of halogens is 1. The largest absolute Gasteiger partial charge is 0.320 e. The zero-order valence-corrected chi connectivity index (χ0v) is 17.6. The van der Waals surface area contributed by atoms with E-state index in [1.165, 1.54) is 16.4 Å². The van der Waals surface area contributed by atoms with E-state index in [4.69, 9.17) is 0 Å². The lowest BCUT2D eigenvalue weighted by atomic mass is 10.2. The molecule has 1 aromatic carbocycles. The summed E-state index contributed by atoms with van der Waals surface area (Å²) in [6.07, 6.45) is 3.35. The number of piperidine rings is 1. The second kappa shape index (κ2) is 10.0. The van der Waals surface area contributed by atoms with Gasteiger partial charge >= 0.3 is 0 Å². The maximum absolute atomic E-state index is 12.9. The molecule has 7 nitrogen and oxygen atoms in total. The second-order valence-corrected chi connectivity index (χ2v) is 9.92. The summed E-state index contributed by atoms with van der Waals surface area (Å²) < 4.78 is 54.6. The quantitative estimate of drug-likeness (QED) is 0.615. The molecule has 0 saturated carbocycles. The highest BCUT2D eigenvalue weighted by Crippen LogP contribution is 2.25. The summed E-state index contributed by atoms with van der Waals surface area (Å²) in [6, 6.07) is 4.28. The van der Waals surface area contributed by atoms with Crippen molar-refractivity contribution in [1.29, 1.82) is 0 Å². The first-order valence-electron chi connectivity index (χ1n) is 8.54. The number of sulfonamides is 2. The molecule has 26 heavy (non-hydrogen) atoms. The molecule has 1 aliphatic heterocycles. The highest BCUT2D eigenvalue weighted by Gasteiger charge is 2.28. The topological polar surface area (TPSA) is 95.6 Å². The van der Waals surface area contributed by atoms with E-state index in [2.05, 4.69) is 10.0 Å². The third-order valence-electron chi connectivity index (χ3n) is 4.30. The lowest BCUT2D eigenvalue weighted by molar-refractivity contribution is 0.346. The summed E-state index contributed by atoms with van der Waals surface area (Å²) in [7, 11) is -5.61. The van der Waals surface area contributed by atoms with Crippen LogP contribution in [0.15, 0.2) is 28.0 Å². The molecule has 1 heterocycles. The van der Waals surface area contributed by atoms with Crippen molar-refractivity contribution in [3.8, 4) is 0 Å². The number of nitrogens with zero attached hydrogens (tertiary/aromatic N) is 1. The van der Waals surface area contributed by atoms with Crippen LogP contribution in [-0.2, 0) is 20.0 Å². The molecule has 1 saturated heterocycles. The van der Waals surface area contributed by atoms with E-state index in [-0.39, 0.29) is 22.2 Å². The maximum atomic E-state index is 12.9. The van der Waals surface area contributed by atoms with Crippen LogP contribution in [-0.4, -0.2) is 54.4 Å². The first-order chi connectivity index (χ1) is 11.8. The first kappa shape index (κ1) is 23.3. The normalized spacial score (nSPS) is 16.2. The van der Waals surface area contributed by atoms with Crippen LogP contribution in [0.3, 0.4) is 0 Å². The van der Waals surface area contributed by atoms with Crippen molar-refractivity contribution in [2.45, 2.75) is 42.4 Å². The third-order valence-corrected chi connectivity index (χ3v) is 7.80. The summed E-state index contributed by atoms with van der Waals surface area (Å²) >= 11 is 0. The van der Waals surface area contributed by atoms with Gasteiger partial charge in [-0.3, -0.25) is 0 Å². The van der Waals surface area contributed by atoms with Gasteiger partial charge in [-0.2, -0.15) is 4.31 Å². The van der Waals surface area contributed by atoms with Crippen LogP contribution in [0.25, 0.3) is 0 Å². The minimum absolute atomic E-state index is 0. The highest BCUT2D eigenvalue weighted by atomic mass is 35.5. The van der Waals surface area contributed by atoms with E-state index < -0.39 is 20.0 Å². The lowest BCUT2D eigenvalue weighted by Gasteiger charge is -2.26. The van der Waals surface area contributed by atoms with Gasteiger partial charge in [0.1, 0.15) is 0 Å². The Labute approximate surface area is 163 Å². The molecule has 0 aromatic heterocycles. The van der Waals surface area contributed by atoms with Gasteiger partial charge in [-0.1, -0.05) is 12.5 Å². The Morgan fingerprint density at radius 2 is 1.69 bits per heavy atom. The second-order valence-electron chi connectivity index (χ2n) is 6.25. The molecule has 1 aromatic rings. The minimum Gasteiger partial charge on any atom is -0.320 e. The number of hydrogen-bond donors (Lipinski definition) is 2. The van der Waals surface area contributed by atoms with Crippen molar-refractivity contribution >= 4 is 32.5 Å². The number of rotatable bonds is 8. The fourth-order valence-electron chi connectivity index (χ4n) is 2.82. The van der Waals surface area contributed by atoms with Crippen molar-refractivity contribution in [2.75, 3.05) is 33.2 Å². The summed E-state index contributed by atoms with van der Waals surface area (Å²) in [4.78, 5) is 0.0608. The molecule has 0 aliphatic carbocycles. The van der Waals surface area contributed by atoms with Crippen LogP contribution in [0.2, 0.25) is 0 Å². The predicted molar refractivity (Wildman–Crippen MR) is 105 cm³/mol. The number of benzene rings is 1. The molecule has 10 heteroatoms. The van der Waals surface area contributed by atoms with E-state index in [0.29, 0.717) is 38.2 Å². The third kappa shape index (κ3) is 5.64. The minimum atomic E-state index is -3.73. The van der Waals surface area contributed by atoms with Gasteiger partial charge in [-0.25, -0.2) is 21.6 Å². The Morgan fingerprint density at radius 1 is 1.04 bits per heavy atom. The maximum Gasteiger partial charge on any atom is 0.243 e. The van der Waals surface area contributed by atoms with Crippen LogP contribution in [0.1, 0.15) is 31.2 Å². The van der Waals surface area contributed by atoms with Crippen LogP contribution in [0, 0.1) is 6.92 Å². The van der Waals surface area contributed by atoms with Crippen molar-refractivity contribution in [2.24, 2.45) is 0 Å². The Bertz CT molecular complexity index is 792. The molecular formula is C16H28ClN3O4S2. The molecule has 2 rings (SSSR count). The highest BCUT2D eigenvalue weighted by molar-refractivity contribution is 7.90. The smallest absolute Gasteiger partial charge is 0.243 e. The fraction of sp³-hybridized carbons (Fsp3) is 0.625. The van der Waals surface area contributed by atoms with E-state index in [1.54, 1.807) is 20.0 Å². The Hall–Kier alpha value is -0.710. The summed E-state index contributed by atoms with van der Waals surface area (Å²) in [5.74, 6) is 0. The van der Waals surface area contributed by atoms with E-state index in [1.807, 2.05) is 0 Å². The first-order valence-corrected chi connectivity index (χ1v) is 11.5. The molecule has 2 N–H and O–H groups in total. The number of hydrogen-bond acceptors (Lipinski definition) is 5. The SMILES string of the molecule is CNCCCNS(=O)(=O)c1ccc(C)c(S(=O)(=O)N2CCCCC2)c1.Cl. The fourth-order valence-corrected chi connectivity index (χ4v) is 5.77.